The van der Waals surface area contributed by atoms with Gasteiger partial charge in [0, 0.05) is 0 Å². The van der Waals surface area contributed by atoms with Crippen LogP contribution in [0.3, 0.4) is 0 Å². The molecule has 82 valence electrons. The van der Waals surface area contributed by atoms with E-state index in [0.29, 0.717) is 0 Å². The first-order valence-corrected chi connectivity index (χ1v) is 7.16. The van der Waals surface area contributed by atoms with Crippen molar-refractivity contribution in [3.63, 3.8) is 0 Å². The Bertz CT molecular complexity index is 380. The van der Waals surface area contributed by atoms with Crippen LogP contribution >= 0.6 is 0 Å². The Morgan fingerprint density at radius 2 is 2.00 bits per heavy atom. The number of rotatable bonds is 4. The zero-order valence-electron chi connectivity index (χ0n) is 7.91. The van der Waals surface area contributed by atoms with Crippen LogP contribution in [0.1, 0.15) is 6.92 Å². The second kappa shape index (κ2) is 5.02. The summed E-state index contributed by atoms with van der Waals surface area (Å²) >= 11 is -4.93. The van der Waals surface area contributed by atoms with Gasteiger partial charge in [0.1, 0.15) is 0 Å². The fourth-order valence-corrected chi connectivity index (χ4v) is 2.16. The molecular formula is C8H10AsNO5. The Labute approximate surface area is 89.5 Å². The molecule has 0 saturated heterocycles. The zero-order chi connectivity index (χ0) is 11.3. The molecule has 0 aliphatic rings. The number of carbonyl (C=O) groups is 1. The van der Waals surface area contributed by atoms with Gasteiger partial charge in [0.25, 0.3) is 0 Å². The van der Waals surface area contributed by atoms with Crippen LogP contribution in [0.15, 0.2) is 30.3 Å². The van der Waals surface area contributed by atoms with Gasteiger partial charge in [0.2, 0.25) is 0 Å². The summed E-state index contributed by atoms with van der Waals surface area (Å²) in [4.78, 5) is 10.4. The maximum absolute atomic E-state index is 11.2. The third kappa shape index (κ3) is 4.69. The van der Waals surface area contributed by atoms with Crippen molar-refractivity contribution in [1.29, 1.82) is 0 Å². The normalized spacial score (nSPS) is 14.0. The first-order valence-electron chi connectivity index (χ1n) is 4.02. The monoisotopic (exact) mass is 275 g/mol. The molecular weight excluding hydrogens is 265 g/mol. The molecule has 1 atom stereocenters. The van der Waals surface area contributed by atoms with Crippen molar-refractivity contribution in [2.24, 2.45) is 0 Å². The van der Waals surface area contributed by atoms with Gasteiger partial charge in [-0.15, -0.1) is 0 Å². The number of amides is 1. The number of hydrogen-bond donors (Lipinski definition) is 2. The summed E-state index contributed by atoms with van der Waals surface area (Å²) in [5, 5.41) is 0. The Balaban J connectivity index is 2.57. The van der Waals surface area contributed by atoms with E-state index in [4.69, 9.17) is 0 Å². The van der Waals surface area contributed by atoms with Crippen molar-refractivity contribution in [3.05, 3.63) is 30.3 Å². The number of hydrogen-bond acceptors (Lipinski definition) is 4. The van der Waals surface area contributed by atoms with E-state index in [1.165, 1.54) is 12.1 Å². The van der Waals surface area contributed by atoms with Crippen LogP contribution in [-0.2, 0) is 12.4 Å². The summed E-state index contributed by atoms with van der Waals surface area (Å²) in [6.45, 7) is 1.15. The number of para-hydroxylation sites is 1. The van der Waals surface area contributed by atoms with Gasteiger partial charge in [-0.25, -0.2) is 0 Å². The van der Waals surface area contributed by atoms with Gasteiger partial charge in [0.05, 0.1) is 0 Å². The van der Waals surface area contributed by atoms with Crippen molar-refractivity contribution < 1.29 is 20.2 Å². The second-order valence-corrected chi connectivity index (χ2v) is 5.35. The first-order chi connectivity index (χ1) is 6.99. The van der Waals surface area contributed by atoms with Crippen molar-refractivity contribution in [3.8, 4) is 5.75 Å². The van der Waals surface area contributed by atoms with E-state index in [-0.39, 0.29) is 5.75 Å². The summed E-state index contributed by atoms with van der Waals surface area (Å²) in [5.74, 6) is -0.379. The summed E-state index contributed by atoms with van der Waals surface area (Å²) in [5.41, 5.74) is 1.76. The molecule has 0 aliphatic carbocycles. The minimum absolute atomic E-state index is 0.202. The molecule has 0 radical (unpaired) electrons. The standard InChI is InChI=1S/C8H10AsNO5/c1-7(11)10-15-9(12,13)14-8-5-3-2-4-6-8/h2-6H,1H3,(H,10,11)(H,12,13). The Hall–Kier alpha value is -1.23. The molecule has 1 rings (SSSR count). The van der Waals surface area contributed by atoms with E-state index in [9.17, 15) is 12.6 Å². The van der Waals surface area contributed by atoms with Crippen LogP contribution < -0.4 is 9.21 Å². The maximum atomic E-state index is 11.2. The number of carbonyl (C=O) groups excluding carboxylic acids is 1. The van der Waals surface area contributed by atoms with Gasteiger partial charge < -0.3 is 0 Å². The molecule has 0 saturated carbocycles. The Morgan fingerprint density at radius 1 is 1.40 bits per heavy atom. The van der Waals surface area contributed by atoms with E-state index < -0.39 is 20.4 Å². The summed E-state index contributed by atoms with van der Waals surface area (Å²) in [6.07, 6.45) is 0. The van der Waals surface area contributed by atoms with Crippen molar-refractivity contribution >= 4 is 20.4 Å². The van der Waals surface area contributed by atoms with Crippen LogP contribution in [0.2, 0.25) is 0 Å². The van der Waals surface area contributed by atoms with Crippen LogP contribution in [0.4, 0.5) is 0 Å². The molecule has 0 aliphatic heterocycles. The average molecular weight is 275 g/mol. The van der Waals surface area contributed by atoms with Crippen LogP contribution in [-0.4, -0.2) is 24.5 Å². The van der Waals surface area contributed by atoms with Crippen molar-refractivity contribution in [2.45, 2.75) is 6.92 Å². The first kappa shape index (κ1) is 11.8. The van der Waals surface area contributed by atoms with E-state index in [1.54, 1.807) is 23.7 Å². The molecule has 0 heterocycles. The topological polar surface area (TPSA) is 84.9 Å². The van der Waals surface area contributed by atoms with Gasteiger partial charge in [0.15, 0.2) is 0 Å². The molecule has 0 fully saturated rings. The molecule has 15 heavy (non-hydrogen) atoms. The van der Waals surface area contributed by atoms with Crippen LogP contribution in [0.5, 0.6) is 5.75 Å². The molecule has 6 nitrogen and oxygen atoms in total. The van der Waals surface area contributed by atoms with Gasteiger partial charge in [-0.3, -0.25) is 0 Å². The third-order valence-corrected chi connectivity index (χ3v) is 2.87. The molecule has 0 bridgehead atoms. The van der Waals surface area contributed by atoms with Gasteiger partial charge in [-0.1, -0.05) is 0 Å². The quantitative estimate of drug-likeness (QED) is 0.596. The van der Waals surface area contributed by atoms with E-state index in [1.807, 2.05) is 0 Å². The summed E-state index contributed by atoms with van der Waals surface area (Å²) in [7, 11) is 0. The number of nitrogens with one attached hydrogen (secondary N) is 1. The van der Waals surface area contributed by atoms with Crippen LogP contribution in [0.25, 0.3) is 0 Å². The molecule has 7 heteroatoms. The second-order valence-electron chi connectivity index (χ2n) is 2.62. The molecule has 2 N–H and O–H groups in total. The van der Waals surface area contributed by atoms with Gasteiger partial charge >= 0.3 is 89.1 Å². The molecule has 0 aromatic heterocycles. The molecule has 0 spiro atoms. The van der Waals surface area contributed by atoms with Crippen LogP contribution in [0, 0.1) is 0 Å². The predicted octanol–water partition coefficient (Wildman–Crippen LogP) is -0.00850. The fraction of sp³-hybridized carbons (Fsp3) is 0.125. The van der Waals surface area contributed by atoms with E-state index in [0.717, 1.165) is 6.92 Å². The minimum atomic E-state index is -4.93. The molecule has 1 aromatic rings. The van der Waals surface area contributed by atoms with Crippen molar-refractivity contribution in [2.75, 3.05) is 0 Å². The zero-order valence-corrected chi connectivity index (χ0v) is 9.79. The van der Waals surface area contributed by atoms with Crippen molar-refractivity contribution in [1.82, 2.24) is 5.48 Å². The fourth-order valence-electron chi connectivity index (χ4n) is 0.755. The molecule has 1 aromatic carbocycles. The molecule has 1 unspecified atom stereocenters. The Kier molecular flexibility index (Phi) is 3.96. The molecule has 1 amide bonds. The van der Waals surface area contributed by atoms with E-state index >= 15 is 0 Å². The van der Waals surface area contributed by atoms with E-state index in [2.05, 4.69) is 7.55 Å². The predicted molar refractivity (Wildman–Crippen MR) is 50.6 cm³/mol. The summed E-state index contributed by atoms with van der Waals surface area (Å²) < 4.78 is 29.4. The summed E-state index contributed by atoms with van der Waals surface area (Å²) in [6, 6.07) is 8.02. The Morgan fingerprint density at radius 3 is 2.53 bits per heavy atom. The average Bonchev–Trinajstić information content (AvgIpc) is 2.16. The third-order valence-electron chi connectivity index (χ3n) is 1.27. The van der Waals surface area contributed by atoms with Gasteiger partial charge in [-0.2, -0.15) is 0 Å². The number of hydroxylamine groups is 1. The number of benzene rings is 1. The van der Waals surface area contributed by atoms with Gasteiger partial charge in [-0.05, 0) is 0 Å². The SMILES string of the molecule is CC(=O)NO[As](=O)(O)Oc1ccccc1.